The van der Waals surface area contributed by atoms with Crippen molar-refractivity contribution in [2.75, 3.05) is 16.6 Å². The van der Waals surface area contributed by atoms with Gasteiger partial charge in [-0.15, -0.1) is 11.3 Å². The number of hydrogen-bond donors (Lipinski definition) is 2. The van der Waals surface area contributed by atoms with E-state index in [0.29, 0.717) is 17.5 Å². The van der Waals surface area contributed by atoms with Crippen LogP contribution in [0.1, 0.15) is 17.0 Å². The van der Waals surface area contributed by atoms with Crippen molar-refractivity contribution >= 4 is 32.3 Å². The molecule has 0 amide bonds. The molecule has 152 valence electrons. The molecule has 0 unspecified atom stereocenters. The highest BCUT2D eigenvalue weighted by molar-refractivity contribution is 7.93. The number of pyridine rings is 1. The van der Waals surface area contributed by atoms with Gasteiger partial charge in [0.05, 0.1) is 0 Å². The molecule has 2 heterocycles. The van der Waals surface area contributed by atoms with Crippen LogP contribution in [0, 0.1) is 0 Å². The topological polar surface area (TPSA) is 84.0 Å². The fourth-order valence-corrected chi connectivity index (χ4v) is 4.83. The minimum Gasteiger partial charge on any atom is -0.369 e. The van der Waals surface area contributed by atoms with Crippen molar-refractivity contribution in [3.8, 4) is 0 Å². The van der Waals surface area contributed by atoms with Crippen LogP contribution in [0.4, 0.5) is 10.9 Å². The Hall–Kier alpha value is -3.23. The number of nitrogens with zero attached hydrogens (tertiary/aromatic N) is 2. The fraction of sp³-hybridized carbons (Fsp3) is 0.0909. The first-order valence-corrected chi connectivity index (χ1v) is 11.7. The maximum absolute atomic E-state index is 12.4. The lowest BCUT2D eigenvalue weighted by Crippen LogP contribution is -2.16. The normalized spacial score (nSPS) is 11.4. The zero-order valence-corrected chi connectivity index (χ0v) is 17.6. The number of nitrogens with one attached hydrogen (secondary N) is 2. The maximum atomic E-state index is 12.4. The summed E-state index contributed by atoms with van der Waals surface area (Å²) in [6.07, 6.45) is 2.89. The van der Waals surface area contributed by atoms with E-state index >= 15 is 0 Å². The molecule has 0 saturated carbocycles. The van der Waals surface area contributed by atoms with E-state index < -0.39 is 10.0 Å². The number of anilines is 2. The molecular weight excluding hydrogens is 416 g/mol. The molecular formula is C22H20N4O2S2. The lowest BCUT2D eigenvalue weighted by atomic mass is 9.91. The highest BCUT2D eigenvalue weighted by Crippen LogP contribution is 2.25. The van der Waals surface area contributed by atoms with Gasteiger partial charge in [0.15, 0.2) is 5.13 Å². The molecule has 2 aromatic heterocycles. The van der Waals surface area contributed by atoms with Gasteiger partial charge in [-0.1, -0.05) is 60.7 Å². The highest BCUT2D eigenvalue weighted by Gasteiger charge is 2.17. The van der Waals surface area contributed by atoms with Crippen molar-refractivity contribution in [2.45, 2.75) is 10.8 Å². The van der Waals surface area contributed by atoms with Crippen LogP contribution >= 0.6 is 11.3 Å². The predicted octanol–water partition coefficient (Wildman–Crippen LogP) is 4.58. The number of sulfonamides is 1. The van der Waals surface area contributed by atoms with Crippen LogP contribution in [-0.2, 0) is 10.0 Å². The lowest BCUT2D eigenvalue weighted by molar-refractivity contribution is 0.601. The van der Waals surface area contributed by atoms with Crippen LogP contribution < -0.4 is 10.0 Å². The number of aromatic nitrogens is 2. The highest BCUT2D eigenvalue weighted by atomic mass is 32.2. The molecule has 0 saturated heterocycles. The summed E-state index contributed by atoms with van der Waals surface area (Å²) in [5.74, 6) is 0.754. The smallest absolute Gasteiger partial charge is 0.265 e. The van der Waals surface area contributed by atoms with E-state index in [-0.39, 0.29) is 10.8 Å². The Morgan fingerprint density at radius 1 is 0.867 bits per heavy atom. The van der Waals surface area contributed by atoms with Crippen molar-refractivity contribution in [3.63, 3.8) is 0 Å². The first-order chi connectivity index (χ1) is 14.6. The van der Waals surface area contributed by atoms with Gasteiger partial charge in [-0.05, 0) is 23.3 Å². The Morgan fingerprint density at radius 2 is 1.53 bits per heavy atom. The van der Waals surface area contributed by atoms with E-state index in [9.17, 15) is 8.42 Å². The zero-order chi connectivity index (χ0) is 20.8. The molecule has 0 atom stereocenters. The van der Waals surface area contributed by atoms with Gasteiger partial charge in [0.1, 0.15) is 10.7 Å². The van der Waals surface area contributed by atoms with Gasteiger partial charge in [-0.3, -0.25) is 4.72 Å². The van der Waals surface area contributed by atoms with Crippen LogP contribution in [0.25, 0.3) is 0 Å². The van der Waals surface area contributed by atoms with Gasteiger partial charge in [0, 0.05) is 30.2 Å². The van der Waals surface area contributed by atoms with E-state index in [1.54, 1.807) is 17.6 Å². The van der Waals surface area contributed by atoms with Crippen molar-refractivity contribution in [1.82, 2.24) is 9.97 Å². The standard InChI is InChI=1S/C22H20N4O2S2/c27-30(28,26-22-23-13-14-29-22)19-11-12-21(24-15-19)25-16-20(17-7-3-1-4-8-17)18-9-5-2-6-10-18/h1-15,20H,16H2,(H,23,26)(H,24,25). The molecule has 4 aromatic rings. The number of benzene rings is 2. The summed E-state index contributed by atoms with van der Waals surface area (Å²) in [5, 5.41) is 5.36. The minimum absolute atomic E-state index is 0.0888. The lowest BCUT2D eigenvalue weighted by Gasteiger charge is -2.19. The molecule has 0 bridgehead atoms. The zero-order valence-electron chi connectivity index (χ0n) is 16.0. The Kier molecular flexibility index (Phi) is 6.06. The maximum Gasteiger partial charge on any atom is 0.265 e. The van der Waals surface area contributed by atoms with Crippen LogP contribution in [-0.4, -0.2) is 24.9 Å². The van der Waals surface area contributed by atoms with Crippen molar-refractivity contribution in [2.24, 2.45) is 0 Å². The third kappa shape index (κ3) is 4.84. The summed E-state index contributed by atoms with van der Waals surface area (Å²) in [7, 11) is -3.71. The van der Waals surface area contributed by atoms with E-state index in [1.807, 2.05) is 36.4 Å². The molecule has 0 fully saturated rings. The third-order valence-electron chi connectivity index (χ3n) is 4.59. The van der Waals surface area contributed by atoms with Gasteiger partial charge >= 0.3 is 0 Å². The van der Waals surface area contributed by atoms with E-state index in [1.165, 1.54) is 34.7 Å². The Balaban J connectivity index is 1.48. The second kappa shape index (κ2) is 9.06. The monoisotopic (exact) mass is 436 g/mol. The summed E-state index contributed by atoms with van der Waals surface area (Å²) in [6.45, 7) is 0.629. The van der Waals surface area contributed by atoms with Crippen LogP contribution in [0.15, 0.2) is 95.5 Å². The fourth-order valence-electron chi connectivity index (χ4n) is 3.10. The molecule has 2 aromatic carbocycles. The third-order valence-corrected chi connectivity index (χ3v) is 6.73. The summed E-state index contributed by atoms with van der Waals surface area (Å²) in [6, 6.07) is 23.7. The molecule has 4 rings (SSSR count). The number of rotatable bonds is 8. The summed E-state index contributed by atoms with van der Waals surface area (Å²) < 4.78 is 27.3. The molecule has 8 heteroatoms. The first kappa shape index (κ1) is 20.1. The molecule has 0 aliphatic rings. The molecule has 0 radical (unpaired) electrons. The van der Waals surface area contributed by atoms with Gasteiger partial charge in [0.2, 0.25) is 0 Å². The van der Waals surface area contributed by atoms with Gasteiger partial charge in [0.25, 0.3) is 10.0 Å². The van der Waals surface area contributed by atoms with Crippen molar-refractivity contribution < 1.29 is 8.42 Å². The summed E-state index contributed by atoms with van der Waals surface area (Å²) >= 11 is 1.22. The van der Waals surface area contributed by atoms with Crippen LogP contribution in [0.3, 0.4) is 0 Å². The number of thiazole rings is 1. The SMILES string of the molecule is O=S(=O)(Nc1nccs1)c1ccc(NCC(c2ccccc2)c2ccccc2)nc1. The molecule has 0 spiro atoms. The Morgan fingerprint density at radius 3 is 2.07 bits per heavy atom. The van der Waals surface area contributed by atoms with Crippen LogP contribution in [0.5, 0.6) is 0 Å². The van der Waals surface area contributed by atoms with Crippen molar-refractivity contribution in [3.05, 3.63) is 102 Å². The van der Waals surface area contributed by atoms with Crippen LogP contribution in [0.2, 0.25) is 0 Å². The van der Waals surface area contributed by atoms with Crippen molar-refractivity contribution in [1.29, 1.82) is 0 Å². The molecule has 0 aliphatic carbocycles. The largest absolute Gasteiger partial charge is 0.369 e. The summed E-state index contributed by atoms with van der Waals surface area (Å²) in [4.78, 5) is 8.32. The molecule has 0 aliphatic heterocycles. The first-order valence-electron chi connectivity index (χ1n) is 9.34. The molecule has 2 N–H and O–H groups in total. The second-order valence-electron chi connectivity index (χ2n) is 6.58. The molecule has 6 nitrogen and oxygen atoms in total. The Bertz CT molecular complexity index is 1130. The quantitative estimate of drug-likeness (QED) is 0.422. The predicted molar refractivity (Wildman–Crippen MR) is 120 cm³/mol. The summed E-state index contributed by atoms with van der Waals surface area (Å²) in [5.41, 5.74) is 2.39. The average Bonchev–Trinajstić information content (AvgIpc) is 3.28. The minimum atomic E-state index is -3.71. The average molecular weight is 437 g/mol. The van der Waals surface area contributed by atoms with Gasteiger partial charge in [-0.25, -0.2) is 18.4 Å². The van der Waals surface area contributed by atoms with E-state index in [0.717, 1.165) is 0 Å². The van der Waals surface area contributed by atoms with Gasteiger partial charge in [-0.2, -0.15) is 0 Å². The second-order valence-corrected chi connectivity index (χ2v) is 9.15. The Labute approximate surface area is 179 Å². The number of hydrogen-bond acceptors (Lipinski definition) is 6. The van der Waals surface area contributed by atoms with Gasteiger partial charge < -0.3 is 5.32 Å². The van der Waals surface area contributed by atoms with E-state index in [2.05, 4.69) is 44.3 Å². The van der Waals surface area contributed by atoms with E-state index in [4.69, 9.17) is 0 Å². The molecule has 30 heavy (non-hydrogen) atoms.